The van der Waals surface area contributed by atoms with Gasteiger partial charge in [-0.2, -0.15) is 0 Å². The van der Waals surface area contributed by atoms with Gasteiger partial charge in [-0.25, -0.2) is 9.37 Å². The van der Waals surface area contributed by atoms with Gasteiger partial charge >= 0.3 is 0 Å². The van der Waals surface area contributed by atoms with Crippen LogP contribution in [0, 0.1) is 5.82 Å². The second kappa shape index (κ2) is 6.07. The number of pyridine rings is 1. The third kappa shape index (κ3) is 3.18. The van der Waals surface area contributed by atoms with E-state index in [2.05, 4.69) is 15.6 Å². The highest BCUT2D eigenvalue weighted by molar-refractivity contribution is 6.34. The van der Waals surface area contributed by atoms with E-state index in [4.69, 9.17) is 23.2 Å². The minimum atomic E-state index is -0.610. The minimum absolute atomic E-state index is 0.0117. The Bertz CT molecular complexity index is 664. The van der Waals surface area contributed by atoms with Gasteiger partial charge in [0.05, 0.1) is 15.6 Å². The van der Waals surface area contributed by atoms with Crippen molar-refractivity contribution in [3.05, 3.63) is 51.9 Å². The van der Waals surface area contributed by atoms with Gasteiger partial charge in [0.2, 0.25) is 0 Å². The first kappa shape index (κ1) is 14.6. The number of nitrogens with one attached hydrogen (secondary N) is 2. The predicted octanol–water partition coefficient (Wildman–Crippen LogP) is 3.82. The van der Waals surface area contributed by atoms with E-state index in [-0.39, 0.29) is 21.3 Å². The molecule has 0 unspecified atom stereocenters. The van der Waals surface area contributed by atoms with E-state index in [0.29, 0.717) is 5.82 Å². The van der Waals surface area contributed by atoms with Crippen molar-refractivity contribution >= 4 is 40.6 Å². The van der Waals surface area contributed by atoms with Crippen LogP contribution in [0.15, 0.2) is 30.5 Å². The highest BCUT2D eigenvalue weighted by Crippen LogP contribution is 2.22. The summed E-state index contributed by atoms with van der Waals surface area (Å²) in [6, 6.07) is 5.50. The van der Waals surface area contributed by atoms with Crippen molar-refractivity contribution < 1.29 is 9.18 Å². The molecule has 104 valence electrons. The fraction of sp³-hybridized carbons (Fsp3) is 0.0769. The molecule has 0 saturated carbocycles. The summed E-state index contributed by atoms with van der Waals surface area (Å²) in [6.07, 6.45) is 1.37. The molecule has 7 heteroatoms. The number of halogens is 3. The van der Waals surface area contributed by atoms with Gasteiger partial charge in [0.15, 0.2) is 0 Å². The molecule has 1 heterocycles. The summed E-state index contributed by atoms with van der Waals surface area (Å²) in [7, 11) is 1.67. The summed E-state index contributed by atoms with van der Waals surface area (Å²) in [5.41, 5.74) is 0.525. The fourth-order valence-corrected chi connectivity index (χ4v) is 1.83. The maximum absolute atomic E-state index is 13.3. The lowest BCUT2D eigenvalue weighted by atomic mass is 10.2. The average Bonchev–Trinajstić information content (AvgIpc) is 2.43. The second-order valence-electron chi connectivity index (χ2n) is 3.88. The van der Waals surface area contributed by atoms with Crippen molar-refractivity contribution in [1.82, 2.24) is 4.98 Å². The van der Waals surface area contributed by atoms with Gasteiger partial charge in [-0.15, -0.1) is 0 Å². The predicted molar refractivity (Wildman–Crippen MR) is 78.2 cm³/mol. The molecule has 20 heavy (non-hydrogen) atoms. The number of hydrogen-bond acceptors (Lipinski definition) is 3. The monoisotopic (exact) mass is 313 g/mol. The smallest absolute Gasteiger partial charge is 0.257 e. The molecule has 4 nitrogen and oxygen atoms in total. The van der Waals surface area contributed by atoms with E-state index in [0.717, 1.165) is 6.07 Å². The molecule has 0 bridgehead atoms. The van der Waals surface area contributed by atoms with E-state index < -0.39 is 11.7 Å². The minimum Gasteiger partial charge on any atom is -0.373 e. The van der Waals surface area contributed by atoms with Gasteiger partial charge in [-0.3, -0.25) is 4.79 Å². The molecule has 0 spiro atoms. The van der Waals surface area contributed by atoms with E-state index in [1.807, 2.05) is 0 Å². The summed E-state index contributed by atoms with van der Waals surface area (Å²) >= 11 is 11.5. The first-order valence-corrected chi connectivity index (χ1v) is 6.36. The maximum atomic E-state index is 13.3. The topological polar surface area (TPSA) is 54.0 Å². The molecule has 2 aromatic rings. The van der Waals surface area contributed by atoms with Crippen molar-refractivity contribution in [2.75, 3.05) is 17.7 Å². The number of benzene rings is 1. The molecule has 1 aromatic carbocycles. The molecule has 0 radical (unpaired) electrons. The van der Waals surface area contributed by atoms with E-state index in [1.165, 1.54) is 24.4 Å². The highest BCUT2D eigenvalue weighted by atomic mass is 35.5. The largest absolute Gasteiger partial charge is 0.373 e. The van der Waals surface area contributed by atoms with Crippen LogP contribution in [0.5, 0.6) is 0 Å². The number of aromatic nitrogens is 1. The van der Waals surface area contributed by atoms with Gasteiger partial charge in [0.1, 0.15) is 11.6 Å². The van der Waals surface area contributed by atoms with Gasteiger partial charge < -0.3 is 10.6 Å². The number of amides is 1. The summed E-state index contributed by atoms with van der Waals surface area (Å²) in [6.45, 7) is 0. The van der Waals surface area contributed by atoms with Crippen molar-refractivity contribution in [3.8, 4) is 0 Å². The zero-order valence-corrected chi connectivity index (χ0v) is 11.9. The molecule has 2 rings (SSSR count). The molecule has 1 amide bonds. The van der Waals surface area contributed by atoms with Gasteiger partial charge in [0, 0.05) is 18.9 Å². The number of hydrogen-bond donors (Lipinski definition) is 2. The summed E-state index contributed by atoms with van der Waals surface area (Å²) in [5.74, 6) is -0.571. The van der Waals surface area contributed by atoms with Crippen LogP contribution in [0.25, 0.3) is 0 Å². The standard InChI is InChI=1S/C13H10Cl2FN3O/c1-17-12-5-8(10(15)6-18-12)13(20)19-7-2-3-9(14)11(16)4-7/h2-6H,1H3,(H,17,18)(H,19,20). The number of nitrogens with zero attached hydrogens (tertiary/aromatic N) is 1. The Kier molecular flexibility index (Phi) is 4.42. The van der Waals surface area contributed by atoms with E-state index in [9.17, 15) is 9.18 Å². The van der Waals surface area contributed by atoms with Crippen molar-refractivity contribution in [2.24, 2.45) is 0 Å². The molecular formula is C13H10Cl2FN3O. The van der Waals surface area contributed by atoms with Crippen LogP contribution in [0.3, 0.4) is 0 Å². The van der Waals surface area contributed by atoms with E-state index in [1.54, 1.807) is 7.05 Å². The van der Waals surface area contributed by atoms with Crippen molar-refractivity contribution in [3.63, 3.8) is 0 Å². The molecule has 0 saturated heterocycles. The van der Waals surface area contributed by atoms with Crippen LogP contribution in [0.1, 0.15) is 10.4 Å². The molecule has 1 aromatic heterocycles. The third-order valence-corrected chi connectivity index (χ3v) is 3.14. The number of carbonyl (C=O) groups is 1. The van der Waals surface area contributed by atoms with Crippen LogP contribution in [-0.2, 0) is 0 Å². The first-order chi connectivity index (χ1) is 9.51. The number of anilines is 2. The van der Waals surface area contributed by atoms with Crippen LogP contribution < -0.4 is 10.6 Å². The highest BCUT2D eigenvalue weighted by Gasteiger charge is 2.13. The van der Waals surface area contributed by atoms with Crippen LogP contribution in [0.4, 0.5) is 15.9 Å². The van der Waals surface area contributed by atoms with Crippen LogP contribution >= 0.6 is 23.2 Å². The van der Waals surface area contributed by atoms with Gasteiger partial charge in [-0.1, -0.05) is 23.2 Å². The Hall–Kier alpha value is -1.85. The van der Waals surface area contributed by atoms with E-state index >= 15 is 0 Å². The Morgan fingerprint density at radius 3 is 2.65 bits per heavy atom. The maximum Gasteiger partial charge on any atom is 0.257 e. The van der Waals surface area contributed by atoms with Crippen LogP contribution in [-0.4, -0.2) is 17.9 Å². The Morgan fingerprint density at radius 1 is 1.25 bits per heavy atom. The van der Waals surface area contributed by atoms with Crippen molar-refractivity contribution in [1.29, 1.82) is 0 Å². The first-order valence-electron chi connectivity index (χ1n) is 5.61. The SMILES string of the molecule is CNc1cc(C(=O)Nc2ccc(Cl)c(F)c2)c(Cl)cn1. The summed E-state index contributed by atoms with van der Waals surface area (Å²) < 4.78 is 13.3. The zero-order valence-electron chi connectivity index (χ0n) is 10.4. The lowest BCUT2D eigenvalue weighted by Crippen LogP contribution is -2.13. The van der Waals surface area contributed by atoms with Gasteiger partial charge in [-0.05, 0) is 24.3 Å². The number of rotatable bonds is 3. The molecular weight excluding hydrogens is 304 g/mol. The molecule has 0 aliphatic heterocycles. The second-order valence-corrected chi connectivity index (χ2v) is 4.70. The Labute approximate surface area is 124 Å². The third-order valence-electron chi connectivity index (χ3n) is 2.53. The molecule has 0 atom stereocenters. The quantitative estimate of drug-likeness (QED) is 0.905. The number of carbonyl (C=O) groups excluding carboxylic acids is 1. The molecule has 0 aliphatic carbocycles. The lowest BCUT2D eigenvalue weighted by molar-refractivity contribution is 0.102. The molecule has 0 fully saturated rings. The van der Waals surface area contributed by atoms with Crippen molar-refractivity contribution in [2.45, 2.75) is 0 Å². The lowest BCUT2D eigenvalue weighted by Gasteiger charge is -2.08. The Morgan fingerprint density at radius 2 is 2.00 bits per heavy atom. The fourth-order valence-electron chi connectivity index (χ4n) is 1.52. The molecule has 2 N–H and O–H groups in total. The summed E-state index contributed by atoms with van der Waals surface area (Å²) in [4.78, 5) is 16.1. The van der Waals surface area contributed by atoms with Gasteiger partial charge in [0.25, 0.3) is 5.91 Å². The summed E-state index contributed by atoms with van der Waals surface area (Å²) in [5, 5.41) is 5.54. The molecule has 0 aliphatic rings. The Balaban J connectivity index is 2.25. The zero-order chi connectivity index (χ0) is 14.7. The average molecular weight is 314 g/mol. The van der Waals surface area contributed by atoms with Crippen LogP contribution in [0.2, 0.25) is 10.0 Å². The normalized spacial score (nSPS) is 10.2.